The molecule has 2 N–H and O–H groups in total. The molecule has 0 aromatic carbocycles. The van der Waals surface area contributed by atoms with Crippen LogP contribution in [-0.2, 0) is 4.79 Å². The lowest BCUT2D eigenvalue weighted by Gasteiger charge is -2.31. The molecule has 2 fully saturated rings. The summed E-state index contributed by atoms with van der Waals surface area (Å²) in [4.78, 5) is 11.2. The van der Waals surface area contributed by atoms with E-state index in [4.69, 9.17) is 0 Å². The second-order valence-electron chi connectivity index (χ2n) is 3.77. The van der Waals surface area contributed by atoms with E-state index in [1.54, 1.807) is 0 Å². The van der Waals surface area contributed by atoms with Crippen LogP contribution >= 0.6 is 0 Å². The summed E-state index contributed by atoms with van der Waals surface area (Å²) in [6.45, 7) is 1.12. The van der Waals surface area contributed by atoms with Crippen LogP contribution in [0.4, 0.5) is 0 Å². The van der Waals surface area contributed by atoms with Crippen molar-refractivity contribution in [1.82, 2.24) is 10.6 Å². The fourth-order valence-electron chi connectivity index (χ4n) is 2.19. The minimum atomic E-state index is 0.242. The number of hydrogen-bond acceptors (Lipinski definition) is 2. The maximum absolute atomic E-state index is 11.2. The van der Waals surface area contributed by atoms with Crippen molar-refractivity contribution in [3.8, 4) is 0 Å². The average Bonchev–Trinajstić information content (AvgIpc) is 2.25. The van der Waals surface area contributed by atoms with Gasteiger partial charge in [-0.25, -0.2) is 0 Å². The lowest BCUT2D eigenvalue weighted by Crippen LogP contribution is -2.51. The Balaban J connectivity index is 2.01. The molecular weight excluding hydrogens is 152 g/mol. The van der Waals surface area contributed by atoms with Crippen molar-refractivity contribution in [3.05, 3.63) is 0 Å². The molecule has 0 aromatic heterocycles. The molecule has 1 amide bonds. The summed E-state index contributed by atoms with van der Waals surface area (Å²) in [5.74, 6) is 0.242. The van der Waals surface area contributed by atoms with Gasteiger partial charge in [-0.2, -0.15) is 0 Å². The van der Waals surface area contributed by atoms with Gasteiger partial charge in [-0.05, 0) is 32.2 Å². The van der Waals surface area contributed by atoms with Gasteiger partial charge in [0.2, 0.25) is 5.91 Å². The zero-order valence-electron chi connectivity index (χ0n) is 7.31. The summed E-state index contributed by atoms with van der Waals surface area (Å²) < 4.78 is 0. The van der Waals surface area contributed by atoms with Gasteiger partial charge >= 0.3 is 0 Å². The van der Waals surface area contributed by atoms with Crippen LogP contribution in [0.15, 0.2) is 0 Å². The van der Waals surface area contributed by atoms with E-state index in [-0.39, 0.29) is 5.91 Å². The normalized spacial score (nSPS) is 36.5. The van der Waals surface area contributed by atoms with Gasteiger partial charge in [-0.15, -0.1) is 0 Å². The van der Waals surface area contributed by atoms with E-state index in [1.807, 2.05) is 0 Å². The largest absolute Gasteiger partial charge is 0.352 e. The Labute approximate surface area is 72.9 Å². The van der Waals surface area contributed by atoms with Crippen LogP contribution in [0.3, 0.4) is 0 Å². The van der Waals surface area contributed by atoms with Crippen LogP contribution < -0.4 is 10.6 Å². The van der Waals surface area contributed by atoms with Crippen molar-refractivity contribution < 1.29 is 4.79 Å². The molecule has 2 heterocycles. The summed E-state index contributed by atoms with van der Waals surface area (Å²) in [7, 11) is 0. The van der Waals surface area contributed by atoms with Gasteiger partial charge in [0, 0.05) is 18.5 Å². The van der Waals surface area contributed by atoms with Crippen LogP contribution in [0.5, 0.6) is 0 Å². The van der Waals surface area contributed by atoms with E-state index in [2.05, 4.69) is 10.6 Å². The molecule has 2 aliphatic heterocycles. The predicted molar refractivity (Wildman–Crippen MR) is 46.8 cm³/mol. The number of piperidine rings is 1. The second kappa shape index (κ2) is 3.44. The molecular formula is C9H16N2O. The van der Waals surface area contributed by atoms with Crippen molar-refractivity contribution in [1.29, 1.82) is 0 Å². The van der Waals surface area contributed by atoms with Crippen molar-refractivity contribution in [2.24, 2.45) is 0 Å². The minimum absolute atomic E-state index is 0.242. The standard InChI is InChI=1S/C9H16N2O/c12-9-5-1-3-7-8(11-9)4-2-6-10-7/h7-8,10H,1-6H2,(H,11,12)/t7-,8-/m0/s1. The summed E-state index contributed by atoms with van der Waals surface area (Å²) in [6.07, 6.45) is 5.27. The molecule has 2 saturated heterocycles. The predicted octanol–water partition coefficient (Wildman–Crippen LogP) is 0.407. The van der Waals surface area contributed by atoms with Crippen LogP contribution in [0, 0.1) is 0 Å². The van der Waals surface area contributed by atoms with E-state index in [0.717, 1.165) is 25.8 Å². The molecule has 0 aliphatic carbocycles. The first kappa shape index (κ1) is 8.05. The third kappa shape index (κ3) is 1.61. The van der Waals surface area contributed by atoms with Crippen molar-refractivity contribution in [2.75, 3.05) is 6.54 Å². The molecule has 0 spiro atoms. The maximum Gasteiger partial charge on any atom is 0.220 e. The average molecular weight is 168 g/mol. The van der Waals surface area contributed by atoms with Crippen molar-refractivity contribution in [3.63, 3.8) is 0 Å². The molecule has 3 nitrogen and oxygen atoms in total. The number of amides is 1. The zero-order chi connectivity index (χ0) is 8.39. The summed E-state index contributed by atoms with van der Waals surface area (Å²) >= 11 is 0. The number of rotatable bonds is 0. The molecule has 68 valence electrons. The number of hydrogen-bond donors (Lipinski definition) is 2. The Morgan fingerprint density at radius 3 is 2.92 bits per heavy atom. The third-order valence-electron chi connectivity index (χ3n) is 2.85. The summed E-state index contributed by atoms with van der Waals surface area (Å²) in [6, 6.07) is 0.957. The SMILES string of the molecule is O=C1CCC[C@@H]2NCCC[C@@H]2N1. The Kier molecular flexibility index (Phi) is 2.30. The Bertz CT molecular complexity index is 181. The highest BCUT2D eigenvalue weighted by atomic mass is 16.1. The first-order chi connectivity index (χ1) is 5.86. The maximum atomic E-state index is 11.2. The van der Waals surface area contributed by atoms with Gasteiger partial charge in [0.25, 0.3) is 0 Å². The molecule has 0 saturated carbocycles. The monoisotopic (exact) mass is 168 g/mol. The second-order valence-corrected chi connectivity index (χ2v) is 3.77. The fraction of sp³-hybridized carbons (Fsp3) is 0.889. The van der Waals surface area contributed by atoms with Crippen LogP contribution in [0.25, 0.3) is 0 Å². The highest BCUT2D eigenvalue weighted by Gasteiger charge is 2.27. The van der Waals surface area contributed by atoms with Crippen LogP contribution in [-0.4, -0.2) is 24.5 Å². The van der Waals surface area contributed by atoms with Gasteiger partial charge < -0.3 is 10.6 Å². The van der Waals surface area contributed by atoms with Crippen LogP contribution in [0.2, 0.25) is 0 Å². The van der Waals surface area contributed by atoms with E-state index < -0.39 is 0 Å². The molecule has 0 radical (unpaired) electrons. The first-order valence-electron chi connectivity index (χ1n) is 4.89. The zero-order valence-corrected chi connectivity index (χ0v) is 7.31. The quantitative estimate of drug-likeness (QED) is 0.550. The van der Waals surface area contributed by atoms with Gasteiger partial charge in [-0.3, -0.25) is 4.79 Å². The van der Waals surface area contributed by atoms with Gasteiger partial charge in [0.15, 0.2) is 0 Å². The van der Waals surface area contributed by atoms with E-state index >= 15 is 0 Å². The van der Waals surface area contributed by atoms with Gasteiger partial charge in [-0.1, -0.05) is 0 Å². The molecule has 0 bridgehead atoms. The molecule has 12 heavy (non-hydrogen) atoms. The van der Waals surface area contributed by atoms with Gasteiger partial charge in [0.05, 0.1) is 0 Å². The van der Waals surface area contributed by atoms with E-state index in [1.165, 1.54) is 6.42 Å². The molecule has 0 unspecified atom stereocenters. The topological polar surface area (TPSA) is 41.1 Å². The van der Waals surface area contributed by atoms with Crippen molar-refractivity contribution >= 4 is 5.91 Å². The van der Waals surface area contributed by atoms with Crippen LogP contribution in [0.1, 0.15) is 32.1 Å². The number of carbonyl (C=O) groups excluding carboxylic acids is 1. The lowest BCUT2D eigenvalue weighted by atomic mass is 9.96. The molecule has 0 aromatic rings. The lowest BCUT2D eigenvalue weighted by molar-refractivity contribution is -0.121. The smallest absolute Gasteiger partial charge is 0.220 e. The van der Waals surface area contributed by atoms with E-state index in [9.17, 15) is 4.79 Å². The number of carbonyl (C=O) groups is 1. The Morgan fingerprint density at radius 2 is 2.00 bits per heavy atom. The molecule has 3 heteroatoms. The molecule has 2 aliphatic rings. The van der Waals surface area contributed by atoms with Crippen molar-refractivity contribution in [2.45, 2.75) is 44.2 Å². The number of nitrogens with one attached hydrogen (secondary N) is 2. The highest BCUT2D eigenvalue weighted by molar-refractivity contribution is 5.76. The Hall–Kier alpha value is -0.570. The van der Waals surface area contributed by atoms with Gasteiger partial charge in [0.1, 0.15) is 0 Å². The molecule has 2 rings (SSSR count). The number of fused-ring (bicyclic) bond motifs is 1. The minimum Gasteiger partial charge on any atom is -0.352 e. The Morgan fingerprint density at radius 1 is 1.17 bits per heavy atom. The summed E-state index contributed by atoms with van der Waals surface area (Å²) in [5, 5.41) is 6.55. The third-order valence-corrected chi connectivity index (χ3v) is 2.85. The first-order valence-corrected chi connectivity index (χ1v) is 4.89. The fourth-order valence-corrected chi connectivity index (χ4v) is 2.19. The summed E-state index contributed by atoms with van der Waals surface area (Å²) in [5.41, 5.74) is 0. The highest BCUT2D eigenvalue weighted by Crippen LogP contribution is 2.17. The van der Waals surface area contributed by atoms with E-state index in [0.29, 0.717) is 18.5 Å². The molecule has 2 atom stereocenters.